The molecule has 2 rings (SSSR count). The summed E-state index contributed by atoms with van der Waals surface area (Å²) in [5.74, 6) is 0.0586. The third-order valence-electron chi connectivity index (χ3n) is 3.65. The van der Waals surface area contributed by atoms with Crippen LogP contribution in [0.4, 0.5) is 0 Å². The van der Waals surface area contributed by atoms with Crippen LogP contribution in [0.3, 0.4) is 0 Å². The van der Waals surface area contributed by atoms with E-state index in [2.05, 4.69) is 5.32 Å². The summed E-state index contributed by atoms with van der Waals surface area (Å²) in [5.41, 5.74) is 0.604. The third-order valence-corrected chi connectivity index (χ3v) is 3.65. The van der Waals surface area contributed by atoms with E-state index in [4.69, 9.17) is 0 Å². The molecule has 0 radical (unpaired) electrons. The molecule has 0 aromatic heterocycles. The Labute approximate surface area is 125 Å². The molecule has 114 valence electrons. The first kappa shape index (κ1) is 15.4. The Balaban J connectivity index is 2.19. The first-order valence-corrected chi connectivity index (χ1v) is 7.13. The number of phenolic OH excluding ortho intramolecular Hbond substituents is 1. The number of carbonyl (C=O) groups excluding carboxylic acids is 2. The van der Waals surface area contributed by atoms with Gasteiger partial charge in [-0.15, -0.1) is 0 Å². The van der Waals surface area contributed by atoms with E-state index in [0.29, 0.717) is 19.5 Å². The van der Waals surface area contributed by atoms with Crippen LogP contribution in [0.15, 0.2) is 24.3 Å². The van der Waals surface area contributed by atoms with Gasteiger partial charge in [0.2, 0.25) is 11.8 Å². The number of carbonyl (C=O) groups is 2. The molecule has 5 heteroatoms. The first-order valence-electron chi connectivity index (χ1n) is 7.13. The molecule has 1 fully saturated rings. The molecule has 1 aliphatic heterocycles. The quantitative estimate of drug-likeness (QED) is 0.870. The number of benzene rings is 1. The summed E-state index contributed by atoms with van der Waals surface area (Å²) in [7, 11) is 0. The van der Waals surface area contributed by atoms with Crippen molar-refractivity contribution < 1.29 is 14.7 Å². The molecule has 0 saturated carbocycles. The molecule has 1 aromatic carbocycles. The smallest absolute Gasteiger partial charge is 0.246 e. The molecule has 0 bridgehead atoms. The van der Waals surface area contributed by atoms with Crippen LogP contribution < -0.4 is 5.32 Å². The van der Waals surface area contributed by atoms with Crippen molar-refractivity contribution in [2.45, 2.75) is 39.8 Å². The van der Waals surface area contributed by atoms with Gasteiger partial charge in [-0.2, -0.15) is 0 Å². The van der Waals surface area contributed by atoms with Gasteiger partial charge in [0.25, 0.3) is 0 Å². The molecule has 21 heavy (non-hydrogen) atoms. The molecule has 2 N–H and O–H groups in total. The van der Waals surface area contributed by atoms with E-state index in [1.165, 1.54) is 0 Å². The standard InChI is InChI=1S/C16H22N2O3/c1-16(2,3)14-15(21)18(9-8-13(20)17-14)10-11-4-6-12(19)7-5-11/h4-7,14,19H,8-10H2,1-3H3,(H,17,20). The highest BCUT2D eigenvalue weighted by Crippen LogP contribution is 2.24. The Kier molecular flexibility index (Phi) is 4.21. The Hall–Kier alpha value is -2.04. The van der Waals surface area contributed by atoms with E-state index in [9.17, 15) is 14.7 Å². The zero-order valence-corrected chi connectivity index (χ0v) is 12.7. The van der Waals surface area contributed by atoms with Gasteiger partial charge in [0.05, 0.1) is 0 Å². The highest BCUT2D eigenvalue weighted by atomic mass is 16.3. The Morgan fingerprint density at radius 2 is 1.86 bits per heavy atom. The van der Waals surface area contributed by atoms with Crippen molar-refractivity contribution in [1.82, 2.24) is 10.2 Å². The summed E-state index contributed by atoms with van der Waals surface area (Å²) >= 11 is 0. The molecule has 1 atom stereocenters. The van der Waals surface area contributed by atoms with Crippen LogP contribution >= 0.6 is 0 Å². The monoisotopic (exact) mass is 290 g/mol. The number of hydrogen-bond acceptors (Lipinski definition) is 3. The Morgan fingerprint density at radius 1 is 1.24 bits per heavy atom. The van der Waals surface area contributed by atoms with E-state index in [1.807, 2.05) is 20.8 Å². The predicted molar refractivity (Wildman–Crippen MR) is 79.5 cm³/mol. The lowest BCUT2D eigenvalue weighted by atomic mass is 9.86. The van der Waals surface area contributed by atoms with Crippen molar-refractivity contribution >= 4 is 11.8 Å². The van der Waals surface area contributed by atoms with Crippen molar-refractivity contribution in [1.29, 1.82) is 0 Å². The molecule has 0 spiro atoms. The summed E-state index contributed by atoms with van der Waals surface area (Å²) in [6.45, 7) is 6.69. The van der Waals surface area contributed by atoms with Crippen LogP contribution in [-0.4, -0.2) is 34.4 Å². The molecule has 0 aliphatic carbocycles. The minimum absolute atomic E-state index is 0.0542. The maximum atomic E-state index is 12.7. The summed E-state index contributed by atoms with van der Waals surface area (Å²) in [6, 6.07) is 6.26. The van der Waals surface area contributed by atoms with Gasteiger partial charge in [-0.25, -0.2) is 0 Å². The Morgan fingerprint density at radius 3 is 2.43 bits per heavy atom. The zero-order valence-electron chi connectivity index (χ0n) is 12.7. The maximum absolute atomic E-state index is 12.7. The van der Waals surface area contributed by atoms with Gasteiger partial charge in [0, 0.05) is 19.5 Å². The molecule has 1 saturated heterocycles. The SMILES string of the molecule is CC(C)(C)C1NC(=O)CCN(Cc2ccc(O)cc2)C1=O. The molecule has 1 heterocycles. The second-order valence-electron chi connectivity index (χ2n) is 6.54. The predicted octanol–water partition coefficient (Wildman–Crippen LogP) is 1.66. The third kappa shape index (κ3) is 3.74. The van der Waals surface area contributed by atoms with E-state index >= 15 is 0 Å². The lowest BCUT2D eigenvalue weighted by Crippen LogP contribution is -2.51. The van der Waals surface area contributed by atoms with Gasteiger partial charge < -0.3 is 15.3 Å². The molecule has 1 unspecified atom stereocenters. The fraction of sp³-hybridized carbons (Fsp3) is 0.500. The van der Waals surface area contributed by atoms with Crippen LogP contribution in [0, 0.1) is 5.41 Å². The van der Waals surface area contributed by atoms with Crippen LogP contribution in [-0.2, 0) is 16.1 Å². The maximum Gasteiger partial charge on any atom is 0.246 e. The average Bonchev–Trinajstić information content (AvgIpc) is 2.54. The van der Waals surface area contributed by atoms with Gasteiger partial charge in [-0.05, 0) is 23.1 Å². The number of nitrogens with one attached hydrogen (secondary N) is 1. The molecule has 2 amide bonds. The van der Waals surface area contributed by atoms with Crippen molar-refractivity contribution in [3.05, 3.63) is 29.8 Å². The minimum Gasteiger partial charge on any atom is -0.508 e. The minimum atomic E-state index is -0.510. The number of aromatic hydroxyl groups is 1. The first-order chi connectivity index (χ1) is 9.77. The van der Waals surface area contributed by atoms with Gasteiger partial charge >= 0.3 is 0 Å². The zero-order chi connectivity index (χ0) is 15.6. The lowest BCUT2D eigenvalue weighted by Gasteiger charge is -2.32. The Bertz CT molecular complexity index is 531. The number of amides is 2. The largest absolute Gasteiger partial charge is 0.508 e. The van der Waals surface area contributed by atoms with Gasteiger partial charge in [-0.1, -0.05) is 32.9 Å². The van der Waals surface area contributed by atoms with Crippen LogP contribution in [0.1, 0.15) is 32.8 Å². The normalized spacial score (nSPS) is 20.1. The molecule has 1 aromatic rings. The summed E-state index contributed by atoms with van der Waals surface area (Å²) in [4.78, 5) is 26.2. The van der Waals surface area contributed by atoms with Crippen LogP contribution in [0.5, 0.6) is 5.75 Å². The van der Waals surface area contributed by atoms with Gasteiger partial charge in [0.15, 0.2) is 0 Å². The fourth-order valence-electron chi connectivity index (χ4n) is 2.39. The molecule has 5 nitrogen and oxygen atoms in total. The van der Waals surface area contributed by atoms with Gasteiger partial charge in [-0.3, -0.25) is 9.59 Å². The van der Waals surface area contributed by atoms with E-state index in [1.54, 1.807) is 29.2 Å². The topological polar surface area (TPSA) is 69.6 Å². The summed E-state index contributed by atoms with van der Waals surface area (Å²) < 4.78 is 0. The number of hydrogen-bond donors (Lipinski definition) is 2. The fourth-order valence-corrected chi connectivity index (χ4v) is 2.39. The average molecular weight is 290 g/mol. The van der Waals surface area contributed by atoms with Crippen LogP contribution in [0.2, 0.25) is 0 Å². The highest BCUT2D eigenvalue weighted by molar-refractivity contribution is 5.90. The van der Waals surface area contributed by atoms with Crippen molar-refractivity contribution in [2.24, 2.45) is 5.41 Å². The van der Waals surface area contributed by atoms with Crippen molar-refractivity contribution in [2.75, 3.05) is 6.54 Å². The second-order valence-corrected chi connectivity index (χ2v) is 6.54. The van der Waals surface area contributed by atoms with Crippen molar-refractivity contribution in [3.63, 3.8) is 0 Å². The number of nitrogens with zero attached hydrogens (tertiary/aromatic N) is 1. The lowest BCUT2D eigenvalue weighted by molar-refractivity contribution is -0.136. The van der Waals surface area contributed by atoms with Crippen LogP contribution in [0.25, 0.3) is 0 Å². The highest BCUT2D eigenvalue weighted by Gasteiger charge is 2.37. The van der Waals surface area contributed by atoms with Crippen molar-refractivity contribution in [3.8, 4) is 5.75 Å². The van der Waals surface area contributed by atoms with E-state index < -0.39 is 6.04 Å². The summed E-state index contributed by atoms with van der Waals surface area (Å²) in [6.07, 6.45) is 0.316. The molecular weight excluding hydrogens is 268 g/mol. The molecule has 1 aliphatic rings. The van der Waals surface area contributed by atoms with E-state index in [-0.39, 0.29) is 23.0 Å². The second kappa shape index (κ2) is 5.76. The summed E-state index contributed by atoms with van der Waals surface area (Å²) in [5, 5.41) is 12.1. The molecular formula is C16H22N2O3. The van der Waals surface area contributed by atoms with E-state index in [0.717, 1.165) is 5.56 Å². The number of phenols is 1. The van der Waals surface area contributed by atoms with Gasteiger partial charge in [0.1, 0.15) is 11.8 Å². The number of rotatable bonds is 2.